The molecule has 0 aliphatic heterocycles. The predicted molar refractivity (Wildman–Crippen MR) is 118 cm³/mol. The Balaban J connectivity index is 2.21. The fourth-order valence-corrected chi connectivity index (χ4v) is 2.77. The van der Waals surface area contributed by atoms with E-state index in [0.29, 0.717) is 18.8 Å². The molecule has 156 valence electrons. The molecule has 0 aliphatic rings. The Kier molecular flexibility index (Phi) is 9.29. The van der Waals surface area contributed by atoms with E-state index in [1.807, 2.05) is 25.1 Å². The fourth-order valence-electron chi connectivity index (χ4n) is 2.77. The Bertz CT molecular complexity index is 806. The lowest BCUT2D eigenvalue weighted by atomic mass is 10.1. The second-order valence-electron chi connectivity index (χ2n) is 6.99. The summed E-state index contributed by atoms with van der Waals surface area (Å²) >= 11 is 0. The Morgan fingerprint density at radius 1 is 0.931 bits per heavy atom. The van der Waals surface area contributed by atoms with E-state index in [2.05, 4.69) is 13.8 Å². The molecule has 0 aromatic heterocycles. The molecule has 0 radical (unpaired) electrons. The van der Waals surface area contributed by atoms with Crippen molar-refractivity contribution in [1.29, 1.82) is 0 Å². The summed E-state index contributed by atoms with van der Waals surface area (Å²) in [6.07, 6.45) is 7.55. The van der Waals surface area contributed by atoms with E-state index in [-0.39, 0.29) is 5.78 Å². The molecule has 0 heterocycles. The largest absolute Gasteiger partial charge is 0.497 e. The number of aryl methyl sites for hydroxylation is 1. The summed E-state index contributed by atoms with van der Waals surface area (Å²) in [6.45, 7) is 7.62. The number of allylic oxidation sites excluding steroid dienone is 1. The molecule has 0 saturated heterocycles. The topological polar surface area (TPSA) is 44.8 Å². The number of methoxy groups -OCH3 is 1. The number of ketones is 1. The van der Waals surface area contributed by atoms with Crippen LogP contribution in [-0.2, 0) is 0 Å². The summed E-state index contributed by atoms with van der Waals surface area (Å²) in [7, 11) is 1.61. The molecule has 4 heteroatoms. The van der Waals surface area contributed by atoms with E-state index in [1.54, 1.807) is 37.5 Å². The van der Waals surface area contributed by atoms with Crippen molar-refractivity contribution in [1.82, 2.24) is 0 Å². The highest BCUT2D eigenvalue weighted by atomic mass is 16.5. The van der Waals surface area contributed by atoms with E-state index < -0.39 is 0 Å². The van der Waals surface area contributed by atoms with Gasteiger partial charge in [0.05, 0.1) is 20.3 Å². The van der Waals surface area contributed by atoms with Gasteiger partial charge >= 0.3 is 0 Å². The van der Waals surface area contributed by atoms with Crippen LogP contribution < -0.4 is 14.2 Å². The lowest BCUT2D eigenvalue weighted by Crippen LogP contribution is -2.02. The first-order valence-corrected chi connectivity index (χ1v) is 10.4. The molecule has 2 aromatic rings. The summed E-state index contributed by atoms with van der Waals surface area (Å²) in [4.78, 5) is 12.5. The van der Waals surface area contributed by atoms with Crippen molar-refractivity contribution in [3.05, 3.63) is 59.2 Å². The van der Waals surface area contributed by atoms with Gasteiger partial charge in [-0.2, -0.15) is 0 Å². The van der Waals surface area contributed by atoms with Gasteiger partial charge in [0.15, 0.2) is 5.78 Å². The van der Waals surface area contributed by atoms with Gasteiger partial charge in [0.25, 0.3) is 0 Å². The zero-order valence-electron chi connectivity index (χ0n) is 18.0. The van der Waals surface area contributed by atoms with Crippen molar-refractivity contribution < 1.29 is 19.0 Å². The Hall–Kier alpha value is -2.75. The van der Waals surface area contributed by atoms with E-state index >= 15 is 0 Å². The number of carbonyl (C=O) groups is 1. The SMILES string of the molecule is CCCCOc1cc(OCCCC)c(/C=C/C(=O)c2ccc(OC)cc2)cc1C. The van der Waals surface area contributed by atoms with Gasteiger partial charge in [-0.3, -0.25) is 4.79 Å². The second kappa shape index (κ2) is 11.9. The number of hydrogen-bond donors (Lipinski definition) is 0. The maximum Gasteiger partial charge on any atom is 0.185 e. The number of unbranched alkanes of at least 4 members (excludes halogenated alkanes) is 2. The minimum Gasteiger partial charge on any atom is -0.497 e. The van der Waals surface area contributed by atoms with Crippen molar-refractivity contribution in [3.8, 4) is 17.2 Å². The van der Waals surface area contributed by atoms with Gasteiger partial charge in [0, 0.05) is 17.2 Å². The first-order chi connectivity index (χ1) is 14.1. The monoisotopic (exact) mass is 396 g/mol. The van der Waals surface area contributed by atoms with Crippen LogP contribution in [0.15, 0.2) is 42.5 Å². The Morgan fingerprint density at radius 3 is 2.14 bits per heavy atom. The third-order valence-corrected chi connectivity index (χ3v) is 4.61. The van der Waals surface area contributed by atoms with Crippen LogP contribution in [0.5, 0.6) is 17.2 Å². The molecule has 0 N–H and O–H groups in total. The zero-order valence-corrected chi connectivity index (χ0v) is 18.0. The zero-order chi connectivity index (χ0) is 21.1. The Morgan fingerprint density at radius 2 is 1.55 bits per heavy atom. The first-order valence-electron chi connectivity index (χ1n) is 10.4. The van der Waals surface area contributed by atoms with Crippen LogP contribution in [0.4, 0.5) is 0 Å². The van der Waals surface area contributed by atoms with Crippen molar-refractivity contribution in [3.63, 3.8) is 0 Å². The molecule has 0 amide bonds. The summed E-state index contributed by atoms with van der Waals surface area (Å²) < 4.78 is 17.0. The highest BCUT2D eigenvalue weighted by Crippen LogP contribution is 2.30. The molecule has 0 fully saturated rings. The number of carbonyl (C=O) groups excluding carboxylic acids is 1. The van der Waals surface area contributed by atoms with Crippen molar-refractivity contribution in [2.24, 2.45) is 0 Å². The molecule has 29 heavy (non-hydrogen) atoms. The van der Waals surface area contributed by atoms with E-state index in [4.69, 9.17) is 14.2 Å². The molecule has 4 nitrogen and oxygen atoms in total. The number of rotatable bonds is 12. The number of benzene rings is 2. The maximum absolute atomic E-state index is 12.5. The van der Waals surface area contributed by atoms with Crippen LogP contribution in [0, 0.1) is 6.92 Å². The van der Waals surface area contributed by atoms with Crippen LogP contribution >= 0.6 is 0 Å². The molecular weight excluding hydrogens is 364 g/mol. The third kappa shape index (κ3) is 6.97. The van der Waals surface area contributed by atoms with Gasteiger partial charge in [0.1, 0.15) is 17.2 Å². The lowest BCUT2D eigenvalue weighted by Gasteiger charge is -2.14. The highest BCUT2D eigenvalue weighted by molar-refractivity contribution is 6.07. The lowest BCUT2D eigenvalue weighted by molar-refractivity contribution is 0.104. The molecule has 0 saturated carbocycles. The van der Waals surface area contributed by atoms with Gasteiger partial charge in [-0.05, 0) is 67.8 Å². The van der Waals surface area contributed by atoms with Gasteiger partial charge in [-0.1, -0.05) is 26.7 Å². The standard InChI is InChI=1S/C25H32O4/c1-5-7-15-28-24-18-25(29-16-8-6-2)21(17-19(24)3)11-14-23(26)20-9-12-22(27-4)13-10-20/h9-14,17-18H,5-8,15-16H2,1-4H3/b14-11+. The third-order valence-electron chi connectivity index (χ3n) is 4.61. The van der Waals surface area contributed by atoms with E-state index in [0.717, 1.165) is 54.1 Å². The quantitative estimate of drug-likeness (QED) is 0.241. The second-order valence-corrected chi connectivity index (χ2v) is 6.99. The highest BCUT2D eigenvalue weighted by Gasteiger charge is 2.10. The van der Waals surface area contributed by atoms with Crippen LogP contribution in [0.25, 0.3) is 6.08 Å². The number of hydrogen-bond acceptors (Lipinski definition) is 4. The molecule has 0 aliphatic carbocycles. The van der Waals surface area contributed by atoms with Crippen molar-refractivity contribution in [2.45, 2.75) is 46.5 Å². The average Bonchev–Trinajstić information content (AvgIpc) is 2.74. The minimum atomic E-state index is -0.0620. The molecule has 0 atom stereocenters. The summed E-state index contributed by atoms with van der Waals surface area (Å²) in [6, 6.07) is 11.1. The van der Waals surface area contributed by atoms with Gasteiger partial charge < -0.3 is 14.2 Å². The van der Waals surface area contributed by atoms with Crippen LogP contribution in [0.1, 0.15) is 61.0 Å². The summed E-state index contributed by atoms with van der Waals surface area (Å²) in [5.74, 6) is 2.25. The molecule has 0 spiro atoms. The van der Waals surface area contributed by atoms with Crippen molar-refractivity contribution >= 4 is 11.9 Å². The average molecular weight is 397 g/mol. The van der Waals surface area contributed by atoms with Gasteiger partial charge in [-0.25, -0.2) is 0 Å². The van der Waals surface area contributed by atoms with Crippen molar-refractivity contribution in [2.75, 3.05) is 20.3 Å². The van der Waals surface area contributed by atoms with E-state index in [9.17, 15) is 4.79 Å². The summed E-state index contributed by atoms with van der Waals surface area (Å²) in [5.41, 5.74) is 2.52. The Labute approximate surface area is 174 Å². The smallest absolute Gasteiger partial charge is 0.185 e. The van der Waals surface area contributed by atoms with Crippen LogP contribution in [0.3, 0.4) is 0 Å². The van der Waals surface area contributed by atoms with Crippen LogP contribution in [-0.4, -0.2) is 26.1 Å². The molecule has 0 bridgehead atoms. The van der Waals surface area contributed by atoms with E-state index in [1.165, 1.54) is 0 Å². The normalized spacial score (nSPS) is 10.9. The maximum atomic E-state index is 12.5. The molecule has 2 aromatic carbocycles. The predicted octanol–water partition coefficient (Wildman–Crippen LogP) is 6.26. The molecular formula is C25H32O4. The van der Waals surface area contributed by atoms with Gasteiger partial charge in [-0.15, -0.1) is 0 Å². The fraction of sp³-hybridized carbons (Fsp3) is 0.400. The molecule has 0 unspecified atom stereocenters. The molecule has 2 rings (SSSR count). The summed E-state index contributed by atoms with van der Waals surface area (Å²) in [5, 5.41) is 0. The van der Waals surface area contributed by atoms with Crippen LogP contribution in [0.2, 0.25) is 0 Å². The number of ether oxygens (including phenoxy) is 3. The van der Waals surface area contributed by atoms with Gasteiger partial charge in [0.2, 0.25) is 0 Å². The minimum absolute atomic E-state index is 0.0620. The first kappa shape index (κ1) is 22.5.